The van der Waals surface area contributed by atoms with Crippen molar-refractivity contribution in [3.63, 3.8) is 0 Å². The van der Waals surface area contributed by atoms with E-state index in [2.05, 4.69) is 0 Å². The molecule has 0 bridgehead atoms. The van der Waals surface area contributed by atoms with Crippen LogP contribution in [0.4, 0.5) is 0 Å². The van der Waals surface area contributed by atoms with E-state index >= 15 is 0 Å². The quantitative estimate of drug-likeness (QED) is 0.219. The van der Waals surface area contributed by atoms with Crippen molar-refractivity contribution in [1.29, 1.82) is 0 Å². The van der Waals surface area contributed by atoms with Gasteiger partial charge >= 0.3 is 37.7 Å². The van der Waals surface area contributed by atoms with Gasteiger partial charge in [0.05, 0.1) is 0 Å². The molecule has 0 rings (SSSR count). The van der Waals surface area contributed by atoms with E-state index in [1.54, 1.807) is 0 Å². The van der Waals surface area contributed by atoms with Gasteiger partial charge in [-0.1, -0.05) is 0 Å². The molecule has 0 aromatic rings. The Bertz CT molecular complexity index is 94.9. The van der Waals surface area contributed by atoms with Crippen LogP contribution in [0.2, 0.25) is 0 Å². The van der Waals surface area contributed by atoms with Crippen molar-refractivity contribution in [3.05, 3.63) is 0 Å². The van der Waals surface area contributed by atoms with E-state index in [1.807, 2.05) is 0 Å². The second-order valence-corrected chi connectivity index (χ2v) is 1.22. The summed E-state index contributed by atoms with van der Waals surface area (Å²) in [5.74, 6) is 0. The van der Waals surface area contributed by atoms with Crippen molar-refractivity contribution in [2.45, 2.75) is 0 Å². The second-order valence-electron chi connectivity index (χ2n) is 0.408. The molecule has 38 valence electrons. The van der Waals surface area contributed by atoms with Gasteiger partial charge in [-0.2, -0.15) is 0 Å². The van der Waals surface area contributed by atoms with Gasteiger partial charge in [-0.05, 0) is 0 Å². The van der Waals surface area contributed by atoms with Crippen LogP contribution in [0, 0.1) is 0 Å². The van der Waals surface area contributed by atoms with Crippen LogP contribution < -0.4 is 0 Å². The molecule has 0 aliphatic carbocycles. The van der Waals surface area contributed by atoms with Gasteiger partial charge in [0.1, 0.15) is 0 Å². The molecule has 0 spiro atoms. The van der Waals surface area contributed by atoms with Crippen molar-refractivity contribution >= 4 is 65.5 Å². The fourth-order valence-corrected chi connectivity index (χ4v) is 0. The van der Waals surface area contributed by atoms with Crippen LogP contribution in [0.5, 0.6) is 0 Å². The SMILES string of the molecule is O=S(=O)([O-])[O-].[AlH3].[Ca+2]. The fourth-order valence-electron chi connectivity index (χ4n) is 0. The maximum atomic E-state index is 8.52. The Kier molecular flexibility index (Phi) is 13.1. The summed E-state index contributed by atoms with van der Waals surface area (Å²) in [6.07, 6.45) is 0. The van der Waals surface area contributed by atoms with E-state index < -0.39 is 10.4 Å². The zero-order valence-corrected chi connectivity index (χ0v) is 5.77. The van der Waals surface area contributed by atoms with Crippen LogP contribution >= 0.6 is 0 Å². The molecule has 4 nitrogen and oxygen atoms in total. The summed E-state index contributed by atoms with van der Waals surface area (Å²) < 4.78 is 34.1. The second kappa shape index (κ2) is 5.79. The number of hydrogen-bond acceptors (Lipinski definition) is 4. The molecule has 0 unspecified atom stereocenters. The largest absolute Gasteiger partial charge is 2.00 e. The standard InChI is InChI=1S/Al.Ca.H2O4S.3H/c;;1-5(2,3)4;;;/h;;(H2,1,2,3,4);;;/q;+2;;;;/p-2. The van der Waals surface area contributed by atoms with Crippen molar-refractivity contribution in [1.82, 2.24) is 0 Å². The van der Waals surface area contributed by atoms with E-state index in [1.165, 1.54) is 0 Å². The third-order valence-corrected chi connectivity index (χ3v) is 0. The van der Waals surface area contributed by atoms with Crippen molar-refractivity contribution in [3.8, 4) is 0 Å². The molecule has 0 amide bonds. The first-order valence-corrected chi connectivity index (χ1v) is 2.00. The minimum Gasteiger partial charge on any atom is -0.759 e. The van der Waals surface area contributed by atoms with Crippen molar-refractivity contribution < 1.29 is 17.5 Å². The summed E-state index contributed by atoms with van der Waals surface area (Å²) in [5, 5.41) is 0. The molecule has 0 saturated carbocycles. The summed E-state index contributed by atoms with van der Waals surface area (Å²) in [6, 6.07) is 0. The molecule has 0 aliphatic heterocycles. The minimum absolute atomic E-state index is 0. The van der Waals surface area contributed by atoms with Gasteiger partial charge in [0.2, 0.25) is 0 Å². The van der Waals surface area contributed by atoms with Crippen molar-refractivity contribution in [2.24, 2.45) is 0 Å². The first kappa shape index (κ1) is 15.9. The van der Waals surface area contributed by atoms with Crippen molar-refractivity contribution in [2.75, 3.05) is 0 Å². The van der Waals surface area contributed by atoms with Gasteiger partial charge in [0.25, 0.3) is 0 Å². The topological polar surface area (TPSA) is 80.3 Å². The Balaban J connectivity index is -0.0000000800. The molecule has 0 atom stereocenters. The molecule has 0 fully saturated rings. The Morgan fingerprint density at radius 3 is 1.14 bits per heavy atom. The maximum absolute atomic E-state index is 8.52. The molecule has 0 aliphatic rings. The van der Waals surface area contributed by atoms with E-state index in [0.29, 0.717) is 0 Å². The minimum atomic E-state index is -5.17. The summed E-state index contributed by atoms with van der Waals surface area (Å²) in [6.45, 7) is 0. The zero-order chi connectivity index (χ0) is 4.50. The maximum Gasteiger partial charge on any atom is 2.00 e. The molecule has 7 heavy (non-hydrogen) atoms. The Morgan fingerprint density at radius 1 is 1.14 bits per heavy atom. The van der Waals surface area contributed by atoms with Crippen LogP contribution in [0.3, 0.4) is 0 Å². The Hall–Kier alpha value is 1.66. The van der Waals surface area contributed by atoms with Crippen LogP contribution in [0.25, 0.3) is 0 Å². The molecule has 0 aromatic carbocycles. The van der Waals surface area contributed by atoms with Crippen LogP contribution in [0.1, 0.15) is 0 Å². The van der Waals surface area contributed by atoms with Gasteiger partial charge in [-0.15, -0.1) is 0 Å². The van der Waals surface area contributed by atoms with E-state index in [4.69, 9.17) is 17.5 Å². The fraction of sp³-hybridized carbons (Fsp3) is 0. The smallest absolute Gasteiger partial charge is 0.759 e. The average molecular weight is 166 g/mol. The van der Waals surface area contributed by atoms with E-state index in [9.17, 15) is 0 Å². The summed E-state index contributed by atoms with van der Waals surface area (Å²) in [4.78, 5) is 0. The molecule has 0 saturated heterocycles. The number of hydrogen-bond donors (Lipinski definition) is 0. The zero-order valence-electron chi connectivity index (χ0n) is 2.75. The monoisotopic (exact) mass is 166 g/mol. The van der Waals surface area contributed by atoms with Gasteiger partial charge in [0, 0.05) is 10.4 Å². The molecule has 0 N–H and O–H groups in total. The van der Waals surface area contributed by atoms with Crippen LogP contribution in [0.15, 0.2) is 0 Å². The molecule has 0 radical (unpaired) electrons. The molecule has 0 heterocycles. The first-order chi connectivity index (χ1) is 2.00. The summed E-state index contributed by atoms with van der Waals surface area (Å²) >= 11 is 0. The molecular weight excluding hydrogens is 163 g/mol. The summed E-state index contributed by atoms with van der Waals surface area (Å²) in [7, 11) is -5.17. The predicted octanol–water partition coefficient (Wildman–Crippen LogP) is -2.90. The number of rotatable bonds is 0. The first-order valence-electron chi connectivity index (χ1n) is 0.667. The molecule has 0 aromatic heterocycles. The third-order valence-electron chi connectivity index (χ3n) is 0. The van der Waals surface area contributed by atoms with Crippen LogP contribution in [-0.4, -0.2) is 72.6 Å². The van der Waals surface area contributed by atoms with E-state index in [-0.39, 0.29) is 55.1 Å². The van der Waals surface area contributed by atoms with Gasteiger partial charge in [-0.25, -0.2) is 0 Å². The normalized spacial score (nSPS) is 8.29. The van der Waals surface area contributed by atoms with Crippen LogP contribution in [-0.2, 0) is 10.4 Å². The Morgan fingerprint density at radius 2 is 1.14 bits per heavy atom. The Labute approximate surface area is 82.0 Å². The van der Waals surface area contributed by atoms with Gasteiger partial charge < -0.3 is 9.11 Å². The third kappa shape index (κ3) is 88.9. The average Bonchev–Trinajstić information content (AvgIpc) is 0.722. The molecule has 7 heteroatoms. The van der Waals surface area contributed by atoms with Gasteiger partial charge in [-0.3, -0.25) is 8.42 Å². The summed E-state index contributed by atoms with van der Waals surface area (Å²) in [5.41, 5.74) is 0. The van der Waals surface area contributed by atoms with E-state index in [0.717, 1.165) is 0 Å². The van der Waals surface area contributed by atoms with Gasteiger partial charge in [0.15, 0.2) is 17.4 Å². The predicted molar refractivity (Wildman–Crippen MR) is 26.2 cm³/mol. The molecular formula is H3AlCaO4S.